The number of halogens is 3. The lowest BCUT2D eigenvalue weighted by molar-refractivity contribution is -0.145. The molecule has 1 saturated carbocycles. The van der Waals surface area contributed by atoms with E-state index < -0.39 is 35.6 Å². The standard InChI is InChI=1S/C16H18F3N3O3/c1-8-6-10(21-15(20-8)16(17,18)19)13(23)22-11-5-3-2-4-9(11)7-12(22)14(24)25/h6,9,11-12H,2-5,7H2,1H3,(H,24,25). The van der Waals surface area contributed by atoms with Gasteiger partial charge in [-0.25, -0.2) is 14.8 Å². The van der Waals surface area contributed by atoms with Crippen LogP contribution < -0.4 is 0 Å². The van der Waals surface area contributed by atoms with Crippen LogP contribution in [0.15, 0.2) is 6.07 Å². The Morgan fingerprint density at radius 2 is 1.92 bits per heavy atom. The molecule has 0 aromatic carbocycles. The number of carboxylic acids is 1. The Morgan fingerprint density at radius 3 is 2.56 bits per heavy atom. The van der Waals surface area contributed by atoms with Crippen LogP contribution in [-0.4, -0.2) is 43.9 Å². The third kappa shape index (κ3) is 3.32. The number of carboxylic acid groups (broad SMARTS) is 1. The molecule has 1 aromatic heterocycles. The molecule has 3 atom stereocenters. The van der Waals surface area contributed by atoms with Gasteiger partial charge in [-0.1, -0.05) is 12.8 Å². The summed E-state index contributed by atoms with van der Waals surface area (Å²) in [7, 11) is 0. The van der Waals surface area contributed by atoms with Crippen LogP contribution in [0.5, 0.6) is 0 Å². The first-order valence-electron chi connectivity index (χ1n) is 8.17. The van der Waals surface area contributed by atoms with Gasteiger partial charge in [-0.3, -0.25) is 4.79 Å². The highest BCUT2D eigenvalue weighted by Gasteiger charge is 2.48. The van der Waals surface area contributed by atoms with Crippen LogP contribution in [0.1, 0.15) is 54.1 Å². The first-order valence-corrected chi connectivity index (χ1v) is 8.17. The minimum Gasteiger partial charge on any atom is -0.480 e. The fraction of sp³-hybridized carbons (Fsp3) is 0.625. The van der Waals surface area contributed by atoms with Gasteiger partial charge in [0, 0.05) is 11.7 Å². The largest absolute Gasteiger partial charge is 0.480 e. The molecule has 0 radical (unpaired) electrons. The van der Waals surface area contributed by atoms with Crippen LogP contribution in [0.25, 0.3) is 0 Å². The van der Waals surface area contributed by atoms with Gasteiger partial charge in [0.2, 0.25) is 5.82 Å². The number of carbonyl (C=O) groups is 2. The maximum absolute atomic E-state index is 12.9. The molecule has 2 fully saturated rings. The molecule has 1 aromatic rings. The number of hydrogen-bond acceptors (Lipinski definition) is 4. The zero-order valence-electron chi connectivity index (χ0n) is 13.6. The fourth-order valence-electron chi connectivity index (χ4n) is 3.91. The van der Waals surface area contributed by atoms with Gasteiger partial charge in [0.15, 0.2) is 0 Å². The molecule has 3 rings (SSSR count). The molecule has 25 heavy (non-hydrogen) atoms. The van der Waals surface area contributed by atoms with Crippen LogP contribution >= 0.6 is 0 Å². The molecule has 1 aliphatic carbocycles. The predicted octanol–water partition coefficient (Wildman–Crippen LogP) is 2.66. The number of likely N-dealkylation sites (tertiary alicyclic amines) is 1. The number of nitrogens with zero attached hydrogens (tertiary/aromatic N) is 3. The Kier molecular flexibility index (Phi) is 4.42. The van der Waals surface area contributed by atoms with Crippen molar-refractivity contribution < 1.29 is 27.9 Å². The van der Waals surface area contributed by atoms with Gasteiger partial charge in [0.25, 0.3) is 5.91 Å². The second-order valence-electron chi connectivity index (χ2n) is 6.63. The molecule has 6 nitrogen and oxygen atoms in total. The summed E-state index contributed by atoms with van der Waals surface area (Å²) in [4.78, 5) is 32.3. The van der Waals surface area contributed by atoms with Crippen molar-refractivity contribution in [3.63, 3.8) is 0 Å². The monoisotopic (exact) mass is 357 g/mol. The summed E-state index contributed by atoms with van der Waals surface area (Å²) >= 11 is 0. The topological polar surface area (TPSA) is 83.4 Å². The highest BCUT2D eigenvalue weighted by molar-refractivity contribution is 5.95. The van der Waals surface area contributed by atoms with E-state index in [9.17, 15) is 27.9 Å². The lowest BCUT2D eigenvalue weighted by Crippen LogP contribution is -2.46. The smallest absolute Gasteiger partial charge is 0.451 e. The van der Waals surface area contributed by atoms with E-state index in [1.165, 1.54) is 17.9 Å². The summed E-state index contributed by atoms with van der Waals surface area (Å²) in [5.74, 6) is -3.21. The van der Waals surface area contributed by atoms with Gasteiger partial charge in [0.1, 0.15) is 11.7 Å². The number of aromatic nitrogens is 2. The highest BCUT2D eigenvalue weighted by atomic mass is 19.4. The molecule has 2 aliphatic rings. The van der Waals surface area contributed by atoms with Crippen molar-refractivity contribution in [2.75, 3.05) is 0 Å². The highest BCUT2D eigenvalue weighted by Crippen LogP contribution is 2.40. The Balaban J connectivity index is 1.98. The zero-order chi connectivity index (χ0) is 18.4. The van der Waals surface area contributed by atoms with E-state index in [2.05, 4.69) is 9.97 Å². The Bertz CT molecular complexity index is 708. The molecule has 0 bridgehead atoms. The Hall–Kier alpha value is -2.19. The number of fused-ring (bicyclic) bond motifs is 1. The van der Waals surface area contributed by atoms with Crippen molar-refractivity contribution in [1.82, 2.24) is 14.9 Å². The number of carbonyl (C=O) groups excluding carboxylic acids is 1. The molecule has 0 spiro atoms. The van der Waals surface area contributed by atoms with Gasteiger partial charge in [-0.05, 0) is 38.2 Å². The van der Waals surface area contributed by atoms with E-state index in [0.29, 0.717) is 12.8 Å². The maximum atomic E-state index is 12.9. The number of aryl methyl sites for hydroxylation is 1. The summed E-state index contributed by atoms with van der Waals surface area (Å²) in [5.41, 5.74) is -0.394. The van der Waals surface area contributed by atoms with Gasteiger partial charge in [-0.2, -0.15) is 13.2 Å². The lowest BCUT2D eigenvalue weighted by atomic mass is 9.84. The van der Waals surface area contributed by atoms with Crippen molar-refractivity contribution in [1.29, 1.82) is 0 Å². The van der Waals surface area contributed by atoms with Crippen LogP contribution in [0.2, 0.25) is 0 Å². The number of amides is 1. The molecule has 1 N–H and O–H groups in total. The summed E-state index contributed by atoms with van der Waals surface area (Å²) in [6.45, 7) is 1.34. The van der Waals surface area contributed by atoms with Gasteiger partial charge in [-0.15, -0.1) is 0 Å². The number of rotatable bonds is 2. The molecule has 1 amide bonds. The Morgan fingerprint density at radius 1 is 1.24 bits per heavy atom. The van der Waals surface area contributed by atoms with E-state index in [1.807, 2.05) is 0 Å². The minimum atomic E-state index is -4.77. The Labute approximate surface area is 142 Å². The van der Waals surface area contributed by atoms with Crippen LogP contribution in [-0.2, 0) is 11.0 Å². The third-order valence-electron chi connectivity index (χ3n) is 4.93. The number of alkyl halides is 3. The van der Waals surface area contributed by atoms with Crippen molar-refractivity contribution >= 4 is 11.9 Å². The molecule has 2 heterocycles. The molecule has 1 aliphatic heterocycles. The molecular formula is C16H18F3N3O3. The maximum Gasteiger partial charge on any atom is 0.451 e. The van der Waals surface area contributed by atoms with E-state index in [1.54, 1.807) is 0 Å². The van der Waals surface area contributed by atoms with E-state index in [-0.39, 0.29) is 17.7 Å². The average molecular weight is 357 g/mol. The van der Waals surface area contributed by atoms with Crippen molar-refractivity contribution in [3.05, 3.63) is 23.3 Å². The fourth-order valence-corrected chi connectivity index (χ4v) is 3.91. The van der Waals surface area contributed by atoms with Crippen molar-refractivity contribution in [2.24, 2.45) is 5.92 Å². The number of hydrogen-bond donors (Lipinski definition) is 1. The quantitative estimate of drug-likeness (QED) is 0.880. The van der Waals surface area contributed by atoms with E-state index >= 15 is 0 Å². The summed E-state index contributed by atoms with van der Waals surface area (Å²) in [6, 6.07) is -0.107. The molecule has 9 heteroatoms. The predicted molar refractivity (Wildman–Crippen MR) is 79.7 cm³/mol. The van der Waals surface area contributed by atoms with E-state index in [0.717, 1.165) is 19.3 Å². The molecule has 3 unspecified atom stereocenters. The van der Waals surface area contributed by atoms with Gasteiger partial charge in [0.05, 0.1) is 0 Å². The second kappa shape index (κ2) is 6.27. The van der Waals surface area contributed by atoms with Gasteiger partial charge < -0.3 is 10.0 Å². The number of aliphatic carboxylic acids is 1. The van der Waals surface area contributed by atoms with Crippen molar-refractivity contribution in [2.45, 2.75) is 57.3 Å². The SMILES string of the molecule is Cc1cc(C(=O)N2C(C(=O)O)CC3CCCCC32)nc(C(F)(F)F)n1. The first kappa shape index (κ1) is 17.6. The second-order valence-corrected chi connectivity index (χ2v) is 6.63. The van der Waals surface area contributed by atoms with E-state index in [4.69, 9.17) is 0 Å². The zero-order valence-corrected chi connectivity index (χ0v) is 13.6. The van der Waals surface area contributed by atoms with Crippen LogP contribution in [0, 0.1) is 12.8 Å². The molecular weight excluding hydrogens is 339 g/mol. The van der Waals surface area contributed by atoms with Crippen LogP contribution in [0.3, 0.4) is 0 Å². The summed E-state index contributed by atoms with van der Waals surface area (Å²) in [6.07, 6.45) is -1.10. The first-order chi connectivity index (χ1) is 11.7. The minimum absolute atomic E-state index is 0.0111. The lowest BCUT2D eigenvalue weighted by Gasteiger charge is -2.32. The van der Waals surface area contributed by atoms with Crippen LogP contribution in [0.4, 0.5) is 13.2 Å². The van der Waals surface area contributed by atoms with Crippen molar-refractivity contribution in [3.8, 4) is 0 Å². The summed E-state index contributed by atoms with van der Waals surface area (Å²) in [5, 5.41) is 9.46. The molecule has 136 valence electrons. The third-order valence-corrected chi connectivity index (χ3v) is 4.93. The summed E-state index contributed by atoms with van der Waals surface area (Å²) < 4.78 is 38.8. The molecule has 1 saturated heterocycles. The average Bonchev–Trinajstić information content (AvgIpc) is 2.92. The normalized spacial score (nSPS) is 26.4. The van der Waals surface area contributed by atoms with Gasteiger partial charge >= 0.3 is 12.1 Å².